The van der Waals surface area contributed by atoms with Gasteiger partial charge in [0.05, 0.1) is 6.61 Å². The van der Waals surface area contributed by atoms with Crippen molar-refractivity contribution in [3.63, 3.8) is 0 Å². The van der Waals surface area contributed by atoms with E-state index < -0.39 is 7.37 Å². The van der Waals surface area contributed by atoms with E-state index >= 15 is 0 Å². The third-order valence-electron chi connectivity index (χ3n) is 2.47. The molecule has 0 amide bonds. The first-order chi connectivity index (χ1) is 7.11. The predicted molar refractivity (Wildman–Crippen MR) is 64.3 cm³/mol. The van der Waals surface area contributed by atoms with Crippen LogP contribution in [-0.2, 0) is 15.7 Å². The Balaban J connectivity index is 2.65. The van der Waals surface area contributed by atoms with E-state index in [-0.39, 0.29) is 0 Å². The summed E-state index contributed by atoms with van der Waals surface area (Å²) in [5.74, 6) is 0. The molecule has 4 heteroatoms. The Morgan fingerprint density at radius 1 is 1.27 bits per heavy atom. The van der Waals surface area contributed by atoms with Crippen molar-refractivity contribution in [2.45, 2.75) is 20.5 Å². The van der Waals surface area contributed by atoms with Gasteiger partial charge in [-0.2, -0.15) is 0 Å². The standard InChI is InChI=1S/C11H18NO2P/c1-3-15(13,4-2)14-9-10-7-5-6-8-11(10)12/h5-8H,3-4,9,12H2,1-2H3. The zero-order valence-electron chi connectivity index (χ0n) is 9.27. The molecule has 0 radical (unpaired) electrons. The first-order valence-electron chi connectivity index (χ1n) is 5.17. The summed E-state index contributed by atoms with van der Waals surface area (Å²) in [6, 6.07) is 7.49. The molecule has 0 bridgehead atoms. The highest BCUT2D eigenvalue weighted by Crippen LogP contribution is 2.46. The molecule has 0 aromatic heterocycles. The lowest BCUT2D eigenvalue weighted by atomic mass is 10.2. The molecule has 1 rings (SSSR count). The molecule has 0 saturated heterocycles. The number of rotatable bonds is 5. The minimum absolute atomic E-state index is 0.339. The highest BCUT2D eigenvalue weighted by atomic mass is 31.2. The fourth-order valence-electron chi connectivity index (χ4n) is 1.26. The van der Waals surface area contributed by atoms with Gasteiger partial charge in [-0.3, -0.25) is 4.57 Å². The Labute approximate surface area is 91.1 Å². The van der Waals surface area contributed by atoms with Crippen molar-refractivity contribution in [1.29, 1.82) is 0 Å². The van der Waals surface area contributed by atoms with E-state index in [2.05, 4.69) is 0 Å². The molecular weight excluding hydrogens is 209 g/mol. The second-order valence-electron chi connectivity index (χ2n) is 3.42. The maximum absolute atomic E-state index is 12.0. The fourth-order valence-corrected chi connectivity index (χ4v) is 2.45. The Hall–Kier alpha value is -0.790. The van der Waals surface area contributed by atoms with E-state index in [1.807, 2.05) is 38.1 Å². The SMILES string of the molecule is CCP(=O)(CC)OCc1ccccc1N. The van der Waals surface area contributed by atoms with Crippen LogP contribution in [0.2, 0.25) is 0 Å². The number of nitrogens with two attached hydrogens (primary N) is 1. The highest BCUT2D eigenvalue weighted by molar-refractivity contribution is 7.58. The Kier molecular flexibility index (Phi) is 4.37. The summed E-state index contributed by atoms with van der Waals surface area (Å²) in [6.45, 7) is 4.11. The zero-order valence-corrected chi connectivity index (χ0v) is 10.2. The maximum atomic E-state index is 12.0. The lowest BCUT2D eigenvalue weighted by Gasteiger charge is -2.15. The monoisotopic (exact) mass is 227 g/mol. The van der Waals surface area contributed by atoms with E-state index in [4.69, 9.17) is 10.3 Å². The van der Waals surface area contributed by atoms with Crippen LogP contribution in [0.5, 0.6) is 0 Å². The molecule has 0 unspecified atom stereocenters. The first-order valence-corrected chi connectivity index (χ1v) is 7.17. The predicted octanol–water partition coefficient (Wildman–Crippen LogP) is 3.10. The van der Waals surface area contributed by atoms with Gasteiger partial charge < -0.3 is 10.3 Å². The average Bonchev–Trinajstić information content (AvgIpc) is 2.28. The first kappa shape index (κ1) is 12.3. The Morgan fingerprint density at radius 3 is 2.40 bits per heavy atom. The van der Waals surface area contributed by atoms with Crippen LogP contribution < -0.4 is 5.73 Å². The van der Waals surface area contributed by atoms with Crippen LogP contribution >= 0.6 is 7.37 Å². The van der Waals surface area contributed by atoms with Crippen LogP contribution in [0.3, 0.4) is 0 Å². The summed E-state index contributed by atoms with van der Waals surface area (Å²) in [5.41, 5.74) is 7.36. The summed E-state index contributed by atoms with van der Waals surface area (Å²) in [4.78, 5) is 0. The average molecular weight is 227 g/mol. The van der Waals surface area contributed by atoms with Crippen LogP contribution in [-0.4, -0.2) is 12.3 Å². The third-order valence-corrected chi connectivity index (χ3v) is 5.00. The second kappa shape index (κ2) is 5.34. The number of nitrogen functional groups attached to an aromatic ring is 1. The molecular formula is C11H18NO2P. The molecule has 3 nitrogen and oxygen atoms in total. The summed E-state index contributed by atoms with van der Waals surface area (Å²) < 4.78 is 17.4. The summed E-state index contributed by atoms with van der Waals surface area (Å²) >= 11 is 0. The van der Waals surface area contributed by atoms with Crippen molar-refractivity contribution in [2.75, 3.05) is 18.1 Å². The quantitative estimate of drug-likeness (QED) is 0.621. The van der Waals surface area contributed by atoms with Crippen LogP contribution in [0.15, 0.2) is 24.3 Å². The molecule has 0 aliphatic rings. The van der Waals surface area contributed by atoms with Crippen molar-refractivity contribution in [1.82, 2.24) is 0 Å². The van der Waals surface area contributed by atoms with Crippen molar-refractivity contribution in [3.05, 3.63) is 29.8 Å². The van der Waals surface area contributed by atoms with Crippen molar-refractivity contribution in [3.8, 4) is 0 Å². The van der Waals surface area contributed by atoms with Crippen LogP contribution in [0.25, 0.3) is 0 Å². The van der Waals surface area contributed by atoms with E-state index in [0.717, 1.165) is 5.56 Å². The normalized spacial score (nSPS) is 11.6. The summed E-state index contributed by atoms with van der Waals surface area (Å²) in [7, 11) is -2.42. The van der Waals surface area contributed by atoms with Crippen LogP contribution in [0.1, 0.15) is 19.4 Å². The molecule has 1 aromatic carbocycles. The highest BCUT2D eigenvalue weighted by Gasteiger charge is 2.17. The molecule has 0 fully saturated rings. The van der Waals surface area contributed by atoms with E-state index in [9.17, 15) is 4.57 Å². The third kappa shape index (κ3) is 3.37. The van der Waals surface area contributed by atoms with Crippen LogP contribution in [0, 0.1) is 0 Å². The van der Waals surface area contributed by atoms with Gasteiger partial charge in [-0.1, -0.05) is 32.0 Å². The van der Waals surface area contributed by atoms with Gasteiger partial charge in [-0.05, 0) is 6.07 Å². The summed E-state index contributed by atoms with van der Waals surface area (Å²) in [6.07, 6.45) is 1.16. The lowest BCUT2D eigenvalue weighted by Crippen LogP contribution is -1.99. The van der Waals surface area contributed by atoms with E-state index in [0.29, 0.717) is 24.6 Å². The van der Waals surface area contributed by atoms with Gasteiger partial charge in [0.25, 0.3) is 0 Å². The largest absolute Gasteiger partial charge is 0.398 e. The molecule has 2 N–H and O–H groups in total. The minimum Gasteiger partial charge on any atom is -0.398 e. The van der Waals surface area contributed by atoms with Gasteiger partial charge in [-0.25, -0.2) is 0 Å². The number of anilines is 1. The molecule has 0 aliphatic carbocycles. The Morgan fingerprint density at radius 2 is 1.87 bits per heavy atom. The molecule has 1 aromatic rings. The molecule has 0 heterocycles. The van der Waals surface area contributed by atoms with Crippen molar-refractivity contribution in [2.24, 2.45) is 0 Å². The maximum Gasteiger partial charge on any atom is 0.202 e. The zero-order chi connectivity index (χ0) is 11.3. The van der Waals surface area contributed by atoms with E-state index in [1.165, 1.54) is 0 Å². The van der Waals surface area contributed by atoms with Crippen molar-refractivity contribution >= 4 is 13.1 Å². The molecule has 0 spiro atoms. The Bertz CT molecular complexity index is 357. The number of benzene rings is 1. The lowest BCUT2D eigenvalue weighted by molar-refractivity contribution is 0.305. The topological polar surface area (TPSA) is 52.3 Å². The molecule has 0 atom stereocenters. The molecule has 0 saturated carbocycles. The molecule has 0 aliphatic heterocycles. The fraction of sp³-hybridized carbons (Fsp3) is 0.455. The van der Waals surface area contributed by atoms with Crippen molar-refractivity contribution < 1.29 is 9.09 Å². The molecule has 84 valence electrons. The number of hydrogen-bond acceptors (Lipinski definition) is 3. The van der Waals surface area contributed by atoms with Gasteiger partial charge in [-0.15, -0.1) is 0 Å². The van der Waals surface area contributed by atoms with E-state index in [1.54, 1.807) is 0 Å². The number of para-hydroxylation sites is 1. The van der Waals surface area contributed by atoms with Crippen LogP contribution in [0.4, 0.5) is 5.69 Å². The van der Waals surface area contributed by atoms with Gasteiger partial charge in [0.2, 0.25) is 7.37 Å². The smallest absolute Gasteiger partial charge is 0.202 e. The number of hydrogen-bond donors (Lipinski definition) is 1. The second-order valence-corrected chi connectivity index (χ2v) is 6.57. The van der Waals surface area contributed by atoms with Gasteiger partial charge >= 0.3 is 0 Å². The minimum atomic E-state index is -2.42. The van der Waals surface area contributed by atoms with Gasteiger partial charge in [0, 0.05) is 23.6 Å². The molecule has 15 heavy (non-hydrogen) atoms. The van der Waals surface area contributed by atoms with Gasteiger partial charge in [0.15, 0.2) is 0 Å². The van der Waals surface area contributed by atoms with Gasteiger partial charge in [0.1, 0.15) is 0 Å². The summed E-state index contributed by atoms with van der Waals surface area (Å²) in [5, 5.41) is 0.